The standard InChI is InChI=1S/C26H38NO2P/c1-8-16-26(9-2,22-17-20(3)14-15-23(22)29-19-28-7)30-24-13-11-10-12-21(24)18-27-25(4,5)6/h10-15,17-18,30H,8-9,16,19H2,1-7H3. The maximum absolute atomic E-state index is 6.01. The summed E-state index contributed by atoms with van der Waals surface area (Å²) in [5, 5.41) is 1.38. The molecule has 0 bridgehead atoms. The number of hydrogen-bond acceptors (Lipinski definition) is 3. The zero-order valence-corrected chi connectivity index (χ0v) is 20.7. The summed E-state index contributed by atoms with van der Waals surface area (Å²) < 4.78 is 11.2. The van der Waals surface area contributed by atoms with E-state index in [-0.39, 0.29) is 17.5 Å². The number of benzene rings is 2. The van der Waals surface area contributed by atoms with Gasteiger partial charge in [0.2, 0.25) is 0 Å². The highest BCUT2D eigenvalue weighted by Crippen LogP contribution is 2.51. The monoisotopic (exact) mass is 427 g/mol. The number of rotatable bonds is 10. The highest BCUT2D eigenvalue weighted by atomic mass is 31.1. The van der Waals surface area contributed by atoms with Crippen LogP contribution < -0.4 is 10.0 Å². The van der Waals surface area contributed by atoms with Crippen molar-refractivity contribution in [3.63, 3.8) is 0 Å². The van der Waals surface area contributed by atoms with Crippen LogP contribution in [0.25, 0.3) is 0 Å². The molecule has 2 atom stereocenters. The van der Waals surface area contributed by atoms with Crippen LogP contribution >= 0.6 is 8.58 Å². The first kappa shape index (κ1) is 24.6. The maximum Gasteiger partial charge on any atom is 0.188 e. The molecule has 2 unspecified atom stereocenters. The topological polar surface area (TPSA) is 30.8 Å². The van der Waals surface area contributed by atoms with Crippen molar-refractivity contribution in [1.29, 1.82) is 0 Å². The van der Waals surface area contributed by atoms with Gasteiger partial charge in [0, 0.05) is 24.0 Å². The van der Waals surface area contributed by atoms with Gasteiger partial charge in [0.15, 0.2) is 6.79 Å². The van der Waals surface area contributed by atoms with Crippen LogP contribution in [0.1, 0.15) is 70.6 Å². The van der Waals surface area contributed by atoms with Gasteiger partial charge < -0.3 is 9.47 Å². The molecule has 0 heterocycles. The van der Waals surface area contributed by atoms with Gasteiger partial charge in [-0.25, -0.2) is 0 Å². The Morgan fingerprint density at radius 3 is 2.43 bits per heavy atom. The first-order chi connectivity index (χ1) is 14.2. The van der Waals surface area contributed by atoms with Crippen LogP contribution in [0, 0.1) is 6.92 Å². The fourth-order valence-corrected chi connectivity index (χ4v) is 5.53. The molecule has 0 aromatic heterocycles. The smallest absolute Gasteiger partial charge is 0.188 e. The van der Waals surface area contributed by atoms with E-state index in [4.69, 9.17) is 14.5 Å². The number of aliphatic imine (C=N–C) groups is 1. The normalized spacial score (nSPS) is 14.5. The lowest BCUT2D eigenvalue weighted by atomic mass is 9.89. The number of aryl methyl sites for hydroxylation is 1. The van der Waals surface area contributed by atoms with Crippen LogP contribution in [0.5, 0.6) is 5.75 Å². The predicted octanol–water partition coefficient (Wildman–Crippen LogP) is 6.60. The summed E-state index contributed by atoms with van der Waals surface area (Å²) in [6.45, 7) is 13.4. The summed E-state index contributed by atoms with van der Waals surface area (Å²) in [6.07, 6.45) is 5.33. The molecular weight excluding hydrogens is 389 g/mol. The molecule has 164 valence electrons. The third kappa shape index (κ3) is 6.65. The highest BCUT2D eigenvalue weighted by molar-refractivity contribution is 7.48. The largest absolute Gasteiger partial charge is 0.467 e. The molecule has 30 heavy (non-hydrogen) atoms. The van der Waals surface area contributed by atoms with Crippen LogP contribution in [0.15, 0.2) is 47.5 Å². The quantitative estimate of drug-likeness (QED) is 0.243. The SMILES string of the molecule is CCCC(CC)(Pc1ccccc1C=NC(C)(C)C)c1cc(C)ccc1OCOC. The van der Waals surface area contributed by atoms with Gasteiger partial charge in [0.05, 0.1) is 5.54 Å². The number of methoxy groups -OCH3 is 1. The molecule has 4 heteroatoms. The first-order valence-electron chi connectivity index (χ1n) is 10.9. The summed E-state index contributed by atoms with van der Waals surface area (Å²) in [4.78, 5) is 4.77. The van der Waals surface area contributed by atoms with Gasteiger partial charge in [0.25, 0.3) is 0 Å². The summed E-state index contributed by atoms with van der Waals surface area (Å²) in [7, 11) is 2.29. The van der Waals surface area contributed by atoms with E-state index in [0.717, 1.165) is 25.0 Å². The Hall–Kier alpha value is -1.70. The molecule has 0 radical (unpaired) electrons. The van der Waals surface area contributed by atoms with Crippen molar-refractivity contribution in [3.05, 3.63) is 59.2 Å². The van der Waals surface area contributed by atoms with Gasteiger partial charge in [-0.2, -0.15) is 0 Å². The van der Waals surface area contributed by atoms with E-state index in [9.17, 15) is 0 Å². The van der Waals surface area contributed by atoms with E-state index in [1.54, 1.807) is 7.11 Å². The third-order valence-corrected chi connectivity index (χ3v) is 7.27. The van der Waals surface area contributed by atoms with Crippen molar-refractivity contribution in [3.8, 4) is 5.75 Å². The van der Waals surface area contributed by atoms with E-state index in [1.165, 1.54) is 22.0 Å². The lowest BCUT2D eigenvalue weighted by Gasteiger charge is -2.35. The summed E-state index contributed by atoms with van der Waals surface area (Å²) in [5.41, 5.74) is 3.69. The van der Waals surface area contributed by atoms with Gasteiger partial charge in [0.1, 0.15) is 5.75 Å². The van der Waals surface area contributed by atoms with Crippen molar-refractivity contribution in [2.45, 2.75) is 71.5 Å². The summed E-state index contributed by atoms with van der Waals surface area (Å²) in [6, 6.07) is 15.2. The Morgan fingerprint density at radius 2 is 1.80 bits per heavy atom. The van der Waals surface area contributed by atoms with Crippen molar-refractivity contribution in [2.24, 2.45) is 4.99 Å². The van der Waals surface area contributed by atoms with Gasteiger partial charge in [-0.3, -0.25) is 4.99 Å². The van der Waals surface area contributed by atoms with Crippen LogP contribution in [-0.4, -0.2) is 25.7 Å². The average molecular weight is 428 g/mol. The minimum atomic E-state index is -0.0841. The van der Waals surface area contributed by atoms with Crippen molar-refractivity contribution < 1.29 is 9.47 Å². The van der Waals surface area contributed by atoms with Gasteiger partial charge >= 0.3 is 0 Å². The minimum Gasteiger partial charge on any atom is -0.467 e. The van der Waals surface area contributed by atoms with Crippen LogP contribution in [0.3, 0.4) is 0 Å². The van der Waals surface area contributed by atoms with E-state index in [0.29, 0.717) is 8.58 Å². The second-order valence-electron chi connectivity index (χ2n) is 8.88. The van der Waals surface area contributed by atoms with Gasteiger partial charge in [-0.05, 0) is 57.5 Å². The Balaban J connectivity index is 2.55. The fraction of sp³-hybridized carbons (Fsp3) is 0.500. The molecule has 3 nitrogen and oxygen atoms in total. The van der Waals surface area contributed by atoms with E-state index < -0.39 is 0 Å². The van der Waals surface area contributed by atoms with Crippen molar-refractivity contribution in [1.82, 2.24) is 0 Å². The van der Waals surface area contributed by atoms with Crippen LogP contribution in [0.2, 0.25) is 0 Å². The van der Waals surface area contributed by atoms with Crippen LogP contribution in [0.4, 0.5) is 0 Å². The molecule has 0 aliphatic rings. The fourth-order valence-electron chi connectivity index (χ4n) is 3.66. The molecule has 2 aromatic carbocycles. The lowest BCUT2D eigenvalue weighted by molar-refractivity contribution is 0.0499. The summed E-state index contributed by atoms with van der Waals surface area (Å²) >= 11 is 0. The van der Waals surface area contributed by atoms with Crippen molar-refractivity contribution in [2.75, 3.05) is 13.9 Å². The van der Waals surface area contributed by atoms with Crippen molar-refractivity contribution >= 4 is 20.1 Å². The molecule has 0 N–H and O–H groups in total. The van der Waals surface area contributed by atoms with Gasteiger partial charge in [-0.1, -0.05) is 70.8 Å². The maximum atomic E-state index is 6.01. The minimum absolute atomic E-state index is 0.0233. The van der Waals surface area contributed by atoms with E-state index in [2.05, 4.69) is 84.0 Å². The zero-order valence-electron chi connectivity index (χ0n) is 19.7. The Labute approximate surface area is 185 Å². The Kier molecular flexibility index (Phi) is 9.07. The molecule has 0 fully saturated rings. The Morgan fingerprint density at radius 1 is 1.07 bits per heavy atom. The first-order valence-corrected chi connectivity index (χ1v) is 11.9. The van der Waals surface area contributed by atoms with Crippen LogP contribution in [-0.2, 0) is 9.89 Å². The zero-order chi connectivity index (χ0) is 22.2. The van der Waals surface area contributed by atoms with E-state index >= 15 is 0 Å². The average Bonchev–Trinajstić information content (AvgIpc) is 2.71. The number of ether oxygens (including phenoxy) is 2. The van der Waals surface area contributed by atoms with E-state index in [1.807, 2.05) is 6.21 Å². The van der Waals surface area contributed by atoms with Gasteiger partial charge in [-0.15, -0.1) is 0 Å². The number of nitrogens with zero attached hydrogens (tertiary/aromatic N) is 1. The molecule has 2 rings (SSSR count). The molecule has 0 spiro atoms. The molecule has 0 saturated heterocycles. The molecule has 0 amide bonds. The second kappa shape index (κ2) is 11.1. The third-order valence-electron chi connectivity index (χ3n) is 5.19. The molecule has 0 aliphatic carbocycles. The highest BCUT2D eigenvalue weighted by Gasteiger charge is 2.33. The number of hydrogen-bond donors (Lipinski definition) is 0. The predicted molar refractivity (Wildman–Crippen MR) is 132 cm³/mol. The molecular formula is C26H38NO2P. The summed E-state index contributed by atoms with van der Waals surface area (Å²) in [5.74, 6) is 0.936. The lowest BCUT2D eigenvalue weighted by Crippen LogP contribution is -2.25. The molecule has 0 aliphatic heterocycles. The molecule has 0 saturated carbocycles. The Bertz CT molecular complexity index is 841. The second-order valence-corrected chi connectivity index (χ2v) is 10.6. The molecule has 2 aromatic rings.